The van der Waals surface area contributed by atoms with Crippen molar-refractivity contribution in [2.45, 2.75) is 47.0 Å². The summed E-state index contributed by atoms with van der Waals surface area (Å²) in [5, 5.41) is 0. The molecule has 0 amide bonds. The molecule has 2 bridgehead atoms. The van der Waals surface area contributed by atoms with Crippen LogP contribution in [0.4, 0.5) is 0 Å². The minimum atomic E-state index is -0.403. The summed E-state index contributed by atoms with van der Waals surface area (Å²) in [4.78, 5) is 25.6. The first kappa shape index (κ1) is 17.9. The van der Waals surface area contributed by atoms with Crippen LogP contribution in [0.3, 0.4) is 0 Å². The second kappa shape index (κ2) is 6.44. The third-order valence-corrected chi connectivity index (χ3v) is 6.63. The minimum Gasteiger partial charge on any atom is -0.466 e. The van der Waals surface area contributed by atoms with E-state index in [2.05, 4.69) is 20.8 Å². The van der Waals surface area contributed by atoms with Gasteiger partial charge in [0.1, 0.15) is 0 Å². The van der Waals surface area contributed by atoms with Crippen molar-refractivity contribution in [3.8, 4) is 0 Å². The van der Waals surface area contributed by atoms with Crippen LogP contribution in [-0.2, 0) is 20.7 Å². The van der Waals surface area contributed by atoms with Crippen LogP contribution in [0.5, 0.6) is 0 Å². The Balaban J connectivity index is 1.93. The number of carbonyl (C=O) groups is 2. The average molecular weight is 340 g/mol. The zero-order chi connectivity index (χ0) is 18.2. The maximum Gasteiger partial charge on any atom is 0.313 e. The molecule has 0 radical (unpaired) electrons. The molecule has 0 aliphatic heterocycles. The van der Waals surface area contributed by atoms with Gasteiger partial charge in [0, 0.05) is 5.41 Å². The van der Waals surface area contributed by atoms with Gasteiger partial charge in [-0.15, -0.1) is 0 Å². The molecule has 2 aliphatic carbocycles. The van der Waals surface area contributed by atoms with Crippen LogP contribution in [-0.4, -0.2) is 18.4 Å². The lowest BCUT2D eigenvalue weighted by molar-refractivity contribution is -0.146. The fraction of sp³-hybridized carbons (Fsp3) is 0.545. The number of rotatable bonds is 5. The predicted octanol–water partition coefficient (Wildman–Crippen LogP) is 4.36. The fourth-order valence-electron chi connectivity index (χ4n) is 4.66. The molecular weight excluding hydrogens is 312 g/mol. The number of hydrogen-bond acceptors (Lipinski definition) is 3. The second-order valence-electron chi connectivity index (χ2n) is 8.14. The molecule has 3 rings (SSSR count). The minimum absolute atomic E-state index is 0.0398. The number of fused-ring (bicyclic) bond motifs is 2. The van der Waals surface area contributed by atoms with E-state index in [1.54, 1.807) is 0 Å². The smallest absolute Gasteiger partial charge is 0.313 e. The molecule has 0 aromatic heterocycles. The Morgan fingerprint density at radius 3 is 2.52 bits per heavy atom. The van der Waals surface area contributed by atoms with Crippen molar-refractivity contribution in [2.24, 2.45) is 22.7 Å². The van der Waals surface area contributed by atoms with Crippen molar-refractivity contribution < 1.29 is 14.3 Å². The Hall–Kier alpha value is -1.90. The van der Waals surface area contributed by atoms with E-state index in [1.807, 2.05) is 43.3 Å². The van der Waals surface area contributed by atoms with Gasteiger partial charge in [-0.05, 0) is 48.7 Å². The lowest BCUT2D eigenvalue weighted by Crippen LogP contribution is -2.32. The standard InChI is InChI=1S/C22H28O3/c1-5-25-20(24)16(13-15-9-7-6-8-10-15)14-17-18-11-12-22(4,19(17)23)21(18,2)3/h6-10,14,16,18H,5,11-13H2,1-4H3/b17-14+/t16-,18+,22+/m1/s1. The topological polar surface area (TPSA) is 43.4 Å². The fourth-order valence-corrected chi connectivity index (χ4v) is 4.66. The normalized spacial score (nSPS) is 29.8. The van der Waals surface area contributed by atoms with Gasteiger partial charge in [-0.2, -0.15) is 0 Å². The van der Waals surface area contributed by atoms with Crippen LogP contribution in [0.15, 0.2) is 42.0 Å². The number of carbonyl (C=O) groups excluding carboxylic acids is 2. The number of esters is 1. The highest BCUT2D eigenvalue weighted by Gasteiger charge is 2.63. The van der Waals surface area contributed by atoms with E-state index >= 15 is 0 Å². The molecule has 2 fully saturated rings. The lowest BCUT2D eigenvalue weighted by atomic mass is 9.70. The summed E-state index contributed by atoms with van der Waals surface area (Å²) in [6.07, 6.45) is 4.47. The van der Waals surface area contributed by atoms with Gasteiger partial charge in [0.05, 0.1) is 12.5 Å². The molecular formula is C22H28O3. The molecule has 3 heteroatoms. The van der Waals surface area contributed by atoms with Gasteiger partial charge < -0.3 is 4.74 Å². The number of ketones is 1. The third-order valence-electron chi connectivity index (χ3n) is 6.63. The summed E-state index contributed by atoms with van der Waals surface area (Å²) in [7, 11) is 0. The number of benzene rings is 1. The molecule has 2 saturated carbocycles. The average Bonchev–Trinajstić information content (AvgIpc) is 2.89. The molecule has 0 spiro atoms. The van der Waals surface area contributed by atoms with Crippen molar-refractivity contribution in [2.75, 3.05) is 6.61 Å². The maximum atomic E-state index is 13.1. The predicted molar refractivity (Wildman–Crippen MR) is 98.0 cm³/mol. The van der Waals surface area contributed by atoms with Gasteiger partial charge in [-0.1, -0.05) is 57.2 Å². The van der Waals surface area contributed by atoms with Crippen LogP contribution in [0.2, 0.25) is 0 Å². The zero-order valence-corrected chi connectivity index (χ0v) is 15.7. The van der Waals surface area contributed by atoms with Crippen molar-refractivity contribution in [1.82, 2.24) is 0 Å². The molecule has 0 unspecified atom stereocenters. The maximum absolute atomic E-state index is 13.1. The lowest BCUT2D eigenvalue weighted by Gasteiger charge is -2.31. The van der Waals surface area contributed by atoms with Crippen LogP contribution in [0, 0.1) is 22.7 Å². The molecule has 0 saturated heterocycles. The van der Waals surface area contributed by atoms with Crippen LogP contribution >= 0.6 is 0 Å². The molecule has 1 aromatic rings. The Labute approximate surface area is 150 Å². The van der Waals surface area contributed by atoms with Gasteiger partial charge in [0.15, 0.2) is 5.78 Å². The molecule has 134 valence electrons. The third kappa shape index (κ3) is 2.84. The van der Waals surface area contributed by atoms with Crippen molar-refractivity contribution in [3.05, 3.63) is 47.5 Å². The van der Waals surface area contributed by atoms with Crippen LogP contribution in [0.25, 0.3) is 0 Å². The van der Waals surface area contributed by atoms with Crippen molar-refractivity contribution in [1.29, 1.82) is 0 Å². The number of ether oxygens (including phenoxy) is 1. The molecule has 3 atom stereocenters. The van der Waals surface area contributed by atoms with Crippen LogP contribution < -0.4 is 0 Å². The highest BCUT2D eigenvalue weighted by Crippen LogP contribution is 2.65. The summed E-state index contributed by atoms with van der Waals surface area (Å²) in [6, 6.07) is 9.93. The quantitative estimate of drug-likeness (QED) is 0.591. The van der Waals surface area contributed by atoms with E-state index in [1.165, 1.54) is 0 Å². The highest BCUT2D eigenvalue weighted by atomic mass is 16.5. The van der Waals surface area contributed by atoms with E-state index in [0.29, 0.717) is 13.0 Å². The SMILES string of the molecule is CCOC(=O)[C@@H](/C=C1/C(=O)[C@]2(C)CC[C@@H]1C2(C)C)Cc1ccccc1. The van der Waals surface area contributed by atoms with E-state index in [4.69, 9.17) is 4.74 Å². The Morgan fingerprint density at radius 1 is 1.28 bits per heavy atom. The van der Waals surface area contributed by atoms with E-state index in [0.717, 1.165) is 24.0 Å². The molecule has 2 aliphatic rings. The first-order chi connectivity index (χ1) is 11.8. The first-order valence-corrected chi connectivity index (χ1v) is 9.28. The van der Waals surface area contributed by atoms with E-state index < -0.39 is 5.92 Å². The summed E-state index contributed by atoms with van der Waals surface area (Å²) >= 11 is 0. The Bertz CT molecular complexity index is 701. The number of Topliss-reactive ketones (excluding diaryl/α,β-unsaturated/α-hetero) is 1. The summed E-state index contributed by atoms with van der Waals surface area (Å²) in [5.74, 6) is -0.161. The second-order valence-corrected chi connectivity index (χ2v) is 8.14. The zero-order valence-electron chi connectivity index (χ0n) is 15.7. The van der Waals surface area contributed by atoms with Crippen LogP contribution in [0.1, 0.15) is 46.1 Å². The largest absolute Gasteiger partial charge is 0.466 e. The van der Waals surface area contributed by atoms with Gasteiger partial charge >= 0.3 is 5.97 Å². The van der Waals surface area contributed by atoms with E-state index in [9.17, 15) is 9.59 Å². The Kier molecular flexibility index (Phi) is 4.61. The first-order valence-electron chi connectivity index (χ1n) is 9.28. The van der Waals surface area contributed by atoms with Crippen molar-refractivity contribution in [3.63, 3.8) is 0 Å². The number of allylic oxidation sites excluding steroid dienone is 1. The molecule has 0 heterocycles. The van der Waals surface area contributed by atoms with Gasteiger partial charge in [-0.25, -0.2) is 0 Å². The molecule has 3 nitrogen and oxygen atoms in total. The van der Waals surface area contributed by atoms with Gasteiger partial charge in [0.2, 0.25) is 0 Å². The monoisotopic (exact) mass is 340 g/mol. The molecule has 0 N–H and O–H groups in total. The van der Waals surface area contributed by atoms with Gasteiger partial charge in [0.25, 0.3) is 0 Å². The van der Waals surface area contributed by atoms with E-state index in [-0.39, 0.29) is 28.5 Å². The summed E-state index contributed by atoms with van der Waals surface area (Å²) in [6.45, 7) is 8.65. The van der Waals surface area contributed by atoms with Gasteiger partial charge in [-0.3, -0.25) is 9.59 Å². The highest BCUT2D eigenvalue weighted by molar-refractivity contribution is 6.05. The number of hydrogen-bond donors (Lipinski definition) is 0. The van der Waals surface area contributed by atoms with Crippen molar-refractivity contribution >= 4 is 11.8 Å². The summed E-state index contributed by atoms with van der Waals surface area (Å²) in [5.41, 5.74) is 1.60. The summed E-state index contributed by atoms with van der Waals surface area (Å²) < 4.78 is 5.28. The molecule has 25 heavy (non-hydrogen) atoms. The molecule has 1 aromatic carbocycles. The Morgan fingerprint density at radius 2 is 1.96 bits per heavy atom.